The summed E-state index contributed by atoms with van der Waals surface area (Å²) in [4.78, 5) is 39.6. The first-order valence-corrected chi connectivity index (χ1v) is 10.6. The molecule has 1 saturated heterocycles. The molecule has 6 nitrogen and oxygen atoms in total. The number of amides is 2. The first-order valence-electron chi connectivity index (χ1n) is 9.80. The van der Waals surface area contributed by atoms with Gasteiger partial charge in [0.05, 0.1) is 11.6 Å². The quantitative estimate of drug-likeness (QED) is 0.397. The zero-order chi connectivity index (χ0) is 22.0. The Bertz CT molecular complexity index is 1140. The Morgan fingerprint density at radius 1 is 0.968 bits per heavy atom. The summed E-state index contributed by atoms with van der Waals surface area (Å²) in [5, 5.41) is 11.2. The lowest BCUT2D eigenvalue weighted by Crippen LogP contribution is -2.44. The zero-order valence-corrected chi connectivity index (χ0v) is 17.6. The topological polar surface area (TPSA) is 80.5 Å². The van der Waals surface area contributed by atoms with Crippen LogP contribution in [0.25, 0.3) is 0 Å². The van der Waals surface area contributed by atoms with E-state index in [1.165, 1.54) is 0 Å². The number of aryl methyl sites for hydroxylation is 1. The van der Waals surface area contributed by atoms with Gasteiger partial charge in [0, 0.05) is 4.92 Å². The summed E-state index contributed by atoms with van der Waals surface area (Å²) >= 11 is 0.861. The van der Waals surface area contributed by atoms with Crippen LogP contribution < -0.4 is 4.90 Å². The maximum atomic E-state index is 14.0. The van der Waals surface area contributed by atoms with Gasteiger partial charge in [-0.25, -0.2) is 4.90 Å². The summed E-state index contributed by atoms with van der Waals surface area (Å²) in [6.07, 6.45) is 0. The summed E-state index contributed by atoms with van der Waals surface area (Å²) in [6.45, 7) is 1.40. The number of carbonyl (C=O) groups is 2. The molecule has 31 heavy (non-hydrogen) atoms. The van der Waals surface area contributed by atoms with Crippen molar-refractivity contribution in [3.63, 3.8) is 0 Å². The van der Waals surface area contributed by atoms with Crippen LogP contribution in [0.5, 0.6) is 0 Å². The third-order valence-electron chi connectivity index (χ3n) is 5.44. The summed E-state index contributed by atoms with van der Waals surface area (Å²) in [5.74, 6) is -1.29. The maximum Gasteiger partial charge on any atom is 0.294 e. The van der Waals surface area contributed by atoms with Gasteiger partial charge < -0.3 is 0 Å². The van der Waals surface area contributed by atoms with Crippen molar-refractivity contribution in [1.82, 2.24) is 0 Å². The Hall–Kier alpha value is -3.45. The van der Waals surface area contributed by atoms with Crippen LogP contribution in [0.3, 0.4) is 0 Å². The maximum absolute atomic E-state index is 14.0. The van der Waals surface area contributed by atoms with Gasteiger partial charge in [-0.2, -0.15) is 0 Å². The van der Waals surface area contributed by atoms with Crippen molar-refractivity contribution in [2.45, 2.75) is 17.6 Å². The molecule has 0 aliphatic carbocycles. The van der Waals surface area contributed by atoms with Crippen molar-refractivity contribution >= 4 is 28.6 Å². The van der Waals surface area contributed by atoms with E-state index in [-0.39, 0.29) is 0 Å². The normalized spacial score (nSPS) is 19.5. The minimum Gasteiger partial charge on any atom is -0.272 e. The first kappa shape index (κ1) is 20.8. The van der Waals surface area contributed by atoms with Crippen molar-refractivity contribution in [2.75, 3.05) is 11.4 Å². The van der Waals surface area contributed by atoms with Gasteiger partial charge in [-0.3, -0.25) is 19.7 Å². The molecule has 2 atom stereocenters. The van der Waals surface area contributed by atoms with Gasteiger partial charge >= 0.3 is 0 Å². The number of hydrogen-bond acceptors (Lipinski definition) is 5. The average Bonchev–Trinajstić information content (AvgIpc) is 3.04. The van der Waals surface area contributed by atoms with E-state index < -0.39 is 33.3 Å². The summed E-state index contributed by atoms with van der Waals surface area (Å²) in [7, 11) is 0. The fourth-order valence-corrected chi connectivity index (χ4v) is 5.40. The van der Waals surface area contributed by atoms with E-state index in [0.717, 1.165) is 22.2 Å². The van der Waals surface area contributed by atoms with E-state index in [0.29, 0.717) is 16.8 Å². The predicted molar refractivity (Wildman–Crippen MR) is 121 cm³/mol. The highest BCUT2D eigenvalue weighted by molar-refractivity contribution is 8.16. The summed E-state index contributed by atoms with van der Waals surface area (Å²) in [5.41, 5.74) is 2.59. The summed E-state index contributed by atoms with van der Waals surface area (Å²) in [6, 6.07) is 24.9. The molecular weight excluding hydrogens is 412 g/mol. The van der Waals surface area contributed by atoms with E-state index in [1.54, 1.807) is 66.7 Å². The van der Waals surface area contributed by atoms with Crippen LogP contribution in [0.2, 0.25) is 0 Å². The van der Waals surface area contributed by atoms with Gasteiger partial charge in [-0.05, 0) is 47.5 Å². The lowest BCUT2D eigenvalue weighted by Gasteiger charge is -2.32. The number of anilines is 1. The molecule has 0 unspecified atom stereocenters. The minimum absolute atomic E-state index is 0.421. The number of nitrogens with zero attached hydrogens (tertiary/aromatic N) is 2. The van der Waals surface area contributed by atoms with Crippen LogP contribution in [0.4, 0.5) is 10.5 Å². The standard InChI is InChI=1S/C24H20N2O4S/c1-17-9-8-14-20(15-17)26-22(27)24(31-23(26)28,19-12-6-3-7-13-19)21(16-25(29)30)18-10-4-2-5-11-18/h2-15,21H,16H2,1H3/t21-,24-/m1/s1. The van der Waals surface area contributed by atoms with Crippen LogP contribution in [-0.4, -0.2) is 22.6 Å². The Labute approximate surface area is 184 Å². The SMILES string of the molecule is Cc1cccc(N2C(=O)S[C@](c3ccccc3)([C@H](C[N+](=O)[O-])c3ccccc3)C2=O)c1. The van der Waals surface area contributed by atoms with Gasteiger partial charge in [-0.1, -0.05) is 72.8 Å². The van der Waals surface area contributed by atoms with Crippen LogP contribution in [0, 0.1) is 17.0 Å². The van der Waals surface area contributed by atoms with Crippen LogP contribution in [0.1, 0.15) is 22.6 Å². The first-order chi connectivity index (χ1) is 14.9. The molecular formula is C24H20N2O4S. The molecule has 0 radical (unpaired) electrons. The Kier molecular flexibility index (Phi) is 5.61. The Morgan fingerprint density at radius 2 is 1.61 bits per heavy atom. The third kappa shape index (κ3) is 3.72. The molecule has 0 spiro atoms. The van der Waals surface area contributed by atoms with Crippen LogP contribution in [0.15, 0.2) is 84.9 Å². The van der Waals surface area contributed by atoms with Crippen molar-refractivity contribution < 1.29 is 14.5 Å². The monoisotopic (exact) mass is 432 g/mol. The predicted octanol–water partition coefficient (Wildman–Crippen LogP) is 5.15. The number of rotatable bonds is 6. The van der Waals surface area contributed by atoms with E-state index in [9.17, 15) is 19.7 Å². The van der Waals surface area contributed by atoms with Gasteiger partial charge in [0.2, 0.25) is 6.54 Å². The average molecular weight is 433 g/mol. The molecule has 2 amide bonds. The molecule has 0 N–H and O–H groups in total. The van der Waals surface area contributed by atoms with Crippen molar-refractivity contribution in [1.29, 1.82) is 0 Å². The molecule has 0 bridgehead atoms. The van der Waals surface area contributed by atoms with Crippen LogP contribution in [-0.2, 0) is 9.54 Å². The summed E-state index contributed by atoms with van der Waals surface area (Å²) < 4.78 is -1.45. The van der Waals surface area contributed by atoms with E-state index in [1.807, 2.05) is 25.1 Å². The number of thioether (sulfide) groups is 1. The van der Waals surface area contributed by atoms with Crippen molar-refractivity contribution in [3.05, 3.63) is 112 Å². The second kappa shape index (κ2) is 8.35. The Balaban J connectivity index is 1.93. The zero-order valence-electron chi connectivity index (χ0n) is 16.8. The lowest BCUT2D eigenvalue weighted by atomic mass is 9.79. The molecule has 3 aromatic carbocycles. The molecule has 156 valence electrons. The van der Waals surface area contributed by atoms with Gasteiger partial charge in [0.25, 0.3) is 11.1 Å². The highest BCUT2D eigenvalue weighted by Gasteiger charge is 2.60. The highest BCUT2D eigenvalue weighted by Crippen LogP contribution is 2.55. The number of hydrogen-bond donors (Lipinski definition) is 0. The van der Waals surface area contributed by atoms with Gasteiger partial charge in [-0.15, -0.1) is 0 Å². The molecule has 1 heterocycles. The second-order valence-corrected chi connectivity index (χ2v) is 8.63. The van der Waals surface area contributed by atoms with Crippen LogP contribution >= 0.6 is 11.8 Å². The number of carbonyl (C=O) groups excluding carboxylic acids is 2. The van der Waals surface area contributed by atoms with Crippen molar-refractivity contribution in [2.24, 2.45) is 0 Å². The molecule has 1 fully saturated rings. The Morgan fingerprint density at radius 3 is 2.23 bits per heavy atom. The molecule has 3 aromatic rings. The highest BCUT2D eigenvalue weighted by atomic mass is 32.2. The number of imide groups is 1. The second-order valence-electron chi connectivity index (χ2n) is 7.43. The minimum atomic E-state index is -1.45. The molecule has 1 aliphatic rings. The van der Waals surface area contributed by atoms with E-state index in [2.05, 4.69) is 0 Å². The molecule has 0 aromatic heterocycles. The number of nitro groups is 1. The van der Waals surface area contributed by atoms with E-state index in [4.69, 9.17) is 0 Å². The van der Waals surface area contributed by atoms with Gasteiger partial charge in [0.15, 0.2) is 0 Å². The smallest absolute Gasteiger partial charge is 0.272 e. The van der Waals surface area contributed by atoms with Gasteiger partial charge in [0.1, 0.15) is 4.75 Å². The van der Waals surface area contributed by atoms with E-state index >= 15 is 0 Å². The lowest BCUT2D eigenvalue weighted by molar-refractivity contribution is -0.484. The van der Waals surface area contributed by atoms with Crippen molar-refractivity contribution in [3.8, 4) is 0 Å². The number of benzene rings is 3. The molecule has 4 rings (SSSR count). The molecule has 7 heteroatoms. The molecule has 1 aliphatic heterocycles. The largest absolute Gasteiger partial charge is 0.294 e. The fourth-order valence-electron chi connectivity index (χ4n) is 4.06. The molecule has 0 saturated carbocycles. The third-order valence-corrected chi connectivity index (χ3v) is 6.81. The fraction of sp³-hybridized carbons (Fsp3) is 0.167.